The summed E-state index contributed by atoms with van der Waals surface area (Å²) in [5.41, 5.74) is 0.968. The monoisotopic (exact) mass is 367 g/mol. The quantitative estimate of drug-likeness (QED) is 0.884. The number of nitrogens with one attached hydrogen (secondary N) is 1. The largest absolute Gasteiger partial charge is 0.459 e. The molecule has 0 bridgehead atoms. The van der Waals surface area contributed by atoms with Crippen molar-refractivity contribution in [3.05, 3.63) is 29.0 Å². The van der Waals surface area contributed by atoms with Gasteiger partial charge in [0.15, 0.2) is 10.8 Å². The zero-order chi connectivity index (χ0) is 15.9. The molecule has 1 spiro atoms. The van der Waals surface area contributed by atoms with Gasteiger partial charge in [-0.15, -0.1) is 23.7 Å². The highest BCUT2D eigenvalue weighted by Crippen LogP contribution is 2.37. The van der Waals surface area contributed by atoms with Crippen molar-refractivity contribution in [2.24, 2.45) is 5.41 Å². The topological polar surface area (TPSA) is 58.4 Å². The van der Waals surface area contributed by atoms with E-state index in [0.29, 0.717) is 11.1 Å². The van der Waals surface area contributed by atoms with Crippen molar-refractivity contribution >= 4 is 29.7 Å². The standard InChI is InChI=1S/C17H21N3O2S.ClH/c1-12-2-3-14(22-12)15-19-13(10-23-15)16(21)20-8-5-17(6-9-20)4-7-18-11-17;/h2-3,10,18H,4-9,11H2,1H3;1H. The second-order valence-corrected chi connectivity index (χ2v) is 7.53. The van der Waals surface area contributed by atoms with E-state index in [1.54, 1.807) is 0 Å². The van der Waals surface area contributed by atoms with E-state index in [2.05, 4.69) is 10.3 Å². The molecular formula is C17H22ClN3O2S. The molecule has 0 unspecified atom stereocenters. The Bertz CT molecular complexity index is 711. The smallest absolute Gasteiger partial charge is 0.273 e. The Labute approximate surface area is 151 Å². The Hall–Kier alpha value is -1.37. The maximum atomic E-state index is 12.7. The van der Waals surface area contributed by atoms with Gasteiger partial charge in [-0.05, 0) is 50.3 Å². The Morgan fingerprint density at radius 3 is 2.75 bits per heavy atom. The predicted octanol–water partition coefficient (Wildman–Crippen LogP) is 3.35. The lowest BCUT2D eigenvalue weighted by atomic mass is 9.78. The Morgan fingerprint density at radius 2 is 2.12 bits per heavy atom. The van der Waals surface area contributed by atoms with E-state index >= 15 is 0 Å². The van der Waals surface area contributed by atoms with Crippen LogP contribution in [0.4, 0.5) is 0 Å². The highest BCUT2D eigenvalue weighted by atomic mass is 35.5. The van der Waals surface area contributed by atoms with Gasteiger partial charge in [-0.1, -0.05) is 0 Å². The van der Waals surface area contributed by atoms with Gasteiger partial charge in [0.2, 0.25) is 0 Å². The minimum atomic E-state index is 0. The van der Waals surface area contributed by atoms with E-state index in [0.717, 1.165) is 55.5 Å². The Balaban J connectivity index is 0.00000169. The van der Waals surface area contributed by atoms with Crippen LogP contribution in [-0.2, 0) is 0 Å². The number of aromatic nitrogens is 1. The Morgan fingerprint density at radius 1 is 1.33 bits per heavy atom. The lowest BCUT2D eigenvalue weighted by Crippen LogP contribution is -2.44. The lowest BCUT2D eigenvalue weighted by molar-refractivity contribution is 0.0603. The first-order chi connectivity index (χ1) is 11.2. The van der Waals surface area contributed by atoms with Crippen LogP contribution in [0.1, 0.15) is 35.5 Å². The molecule has 0 aromatic carbocycles. The number of carbonyl (C=O) groups excluding carboxylic acids is 1. The summed E-state index contributed by atoms with van der Waals surface area (Å²) in [6, 6.07) is 3.82. The Kier molecular flexibility index (Phi) is 4.99. The van der Waals surface area contributed by atoms with Crippen molar-refractivity contribution in [3.8, 4) is 10.8 Å². The first-order valence-corrected chi connectivity index (χ1v) is 9.06. The molecular weight excluding hydrogens is 346 g/mol. The fraction of sp³-hybridized carbons (Fsp3) is 0.529. The van der Waals surface area contributed by atoms with Gasteiger partial charge in [-0.25, -0.2) is 4.98 Å². The zero-order valence-corrected chi connectivity index (χ0v) is 15.3. The van der Waals surface area contributed by atoms with Crippen molar-refractivity contribution in [2.75, 3.05) is 26.2 Å². The number of furan rings is 1. The van der Waals surface area contributed by atoms with Crippen LogP contribution in [0.25, 0.3) is 10.8 Å². The molecule has 1 amide bonds. The van der Waals surface area contributed by atoms with Gasteiger partial charge in [0.1, 0.15) is 11.5 Å². The highest BCUT2D eigenvalue weighted by molar-refractivity contribution is 7.13. The third-order valence-corrected chi connectivity index (χ3v) is 5.97. The summed E-state index contributed by atoms with van der Waals surface area (Å²) >= 11 is 1.46. The second kappa shape index (κ2) is 6.86. The average Bonchev–Trinajstić information content (AvgIpc) is 3.28. The minimum absolute atomic E-state index is 0. The molecule has 5 nitrogen and oxygen atoms in total. The number of hydrogen-bond acceptors (Lipinski definition) is 5. The molecule has 2 aromatic rings. The normalized spacial score (nSPS) is 19.5. The van der Waals surface area contributed by atoms with Crippen molar-refractivity contribution in [2.45, 2.75) is 26.2 Å². The van der Waals surface area contributed by atoms with Crippen LogP contribution in [0.15, 0.2) is 21.9 Å². The van der Waals surface area contributed by atoms with Crippen molar-refractivity contribution in [1.82, 2.24) is 15.2 Å². The van der Waals surface area contributed by atoms with Gasteiger partial charge in [0.05, 0.1) is 0 Å². The SMILES string of the molecule is Cc1ccc(-c2nc(C(=O)N3CCC4(CCNC4)CC3)cs2)o1.Cl. The third kappa shape index (κ3) is 3.23. The fourth-order valence-corrected chi connectivity index (χ4v) is 4.36. The molecule has 4 heterocycles. The first-order valence-electron chi connectivity index (χ1n) is 8.18. The van der Waals surface area contributed by atoms with Gasteiger partial charge in [-0.3, -0.25) is 4.79 Å². The summed E-state index contributed by atoms with van der Waals surface area (Å²) in [7, 11) is 0. The first kappa shape index (κ1) is 17.5. The second-order valence-electron chi connectivity index (χ2n) is 6.67. The average molecular weight is 368 g/mol. The van der Waals surface area contributed by atoms with E-state index in [4.69, 9.17) is 4.42 Å². The molecule has 2 saturated heterocycles. The molecule has 2 aliphatic rings. The van der Waals surface area contributed by atoms with E-state index in [1.165, 1.54) is 17.8 Å². The molecule has 0 saturated carbocycles. The molecule has 130 valence electrons. The van der Waals surface area contributed by atoms with E-state index in [1.807, 2.05) is 29.3 Å². The number of nitrogens with zero attached hydrogens (tertiary/aromatic N) is 2. The third-order valence-electron chi connectivity index (χ3n) is 5.12. The maximum Gasteiger partial charge on any atom is 0.273 e. The highest BCUT2D eigenvalue weighted by Gasteiger charge is 2.38. The van der Waals surface area contributed by atoms with Crippen LogP contribution in [0, 0.1) is 12.3 Å². The maximum absolute atomic E-state index is 12.7. The number of hydrogen-bond donors (Lipinski definition) is 1. The molecule has 0 radical (unpaired) electrons. The zero-order valence-electron chi connectivity index (χ0n) is 13.7. The lowest BCUT2D eigenvalue weighted by Gasteiger charge is -2.38. The number of rotatable bonds is 2. The molecule has 2 fully saturated rings. The van der Waals surface area contributed by atoms with E-state index in [-0.39, 0.29) is 18.3 Å². The van der Waals surface area contributed by atoms with Crippen molar-refractivity contribution in [1.29, 1.82) is 0 Å². The van der Waals surface area contributed by atoms with Crippen molar-refractivity contribution in [3.63, 3.8) is 0 Å². The molecule has 1 N–H and O–H groups in total. The molecule has 4 rings (SSSR count). The molecule has 7 heteroatoms. The van der Waals surface area contributed by atoms with Gasteiger partial charge in [0, 0.05) is 25.0 Å². The number of likely N-dealkylation sites (tertiary alicyclic amines) is 1. The number of thiazole rings is 1. The summed E-state index contributed by atoms with van der Waals surface area (Å²) in [4.78, 5) is 19.1. The number of halogens is 1. The summed E-state index contributed by atoms with van der Waals surface area (Å²) < 4.78 is 5.59. The fourth-order valence-electron chi connectivity index (χ4n) is 3.60. The minimum Gasteiger partial charge on any atom is -0.459 e. The molecule has 0 atom stereocenters. The predicted molar refractivity (Wildman–Crippen MR) is 96.9 cm³/mol. The molecule has 2 aliphatic heterocycles. The van der Waals surface area contributed by atoms with Gasteiger partial charge in [0.25, 0.3) is 5.91 Å². The summed E-state index contributed by atoms with van der Waals surface area (Å²) in [5, 5.41) is 6.07. The summed E-state index contributed by atoms with van der Waals surface area (Å²) in [6.07, 6.45) is 3.44. The van der Waals surface area contributed by atoms with Crippen LogP contribution in [0.5, 0.6) is 0 Å². The van der Waals surface area contributed by atoms with Crippen molar-refractivity contribution < 1.29 is 9.21 Å². The molecule has 0 aliphatic carbocycles. The van der Waals surface area contributed by atoms with Crippen LogP contribution in [-0.4, -0.2) is 42.0 Å². The summed E-state index contributed by atoms with van der Waals surface area (Å²) in [6.45, 7) is 5.81. The van der Waals surface area contributed by atoms with Crippen LogP contribution in [0.2, 0.25) is 0 Å². The number of piperidine rings is 1. The van der Waals surface area contributed by atoms with Gasteiger partial charge >= 0.3 is 0 Å². The van der Waals surface area contributed by atoms with Crippen LogP contribution < -0.4 is 5.32 Å². The van der Waals surface area contributed by atoms with E-state index < -0.39 is 0 Å². The molecule has 2 aromatic heterocycles. The number of carbonyl (C=O) groups is 1. The number of amides is 1. The van der Waals surface area contributed by atoms with Gasteiger partial charge in [-0.2, -0.15) is 0 Å². The van der Waals surface area contributed by atoms with Gasteiger partial charge < -0.3 is 14.6 Å². The van der Waals surface area contributed by atoms with Crippen LogP contribution in [0.3, 0.4) is 0 Å². The number of aryl methyl sites for hydroxylation is 1. The van der Waals surface area contributed by atoms with E-state index in [9.17, 15) is 4.79 Å². The van der Waals surface area contributed by atoms with Crippen LogP contribution >= 0.6 is 23.7 Å². The molecule has 24 heavy (non-hydrogen) atoms. The summed E-state index contributed by atoms with van der Waals surface area (Å²) in [5.74, 6) is 1.65.